The Labute approximate surface area is 152 Å². The van der Waals surface area contributed by atoms with Crippen molar-refractivity contribution in [1.29, 1.82) is 0 Å². The third kappa shape index (κ3) is 4.40. The number of rotatable bonds is 5. The van der Waals surface area contributed by atoms with Gasteiger partial charge in [0.25, 0.3) is 0 Å². The van der Waals surface area contributed by atoms with Crippen LogP contribution < -0.4 is 10.6 Å². The third-order valence-corrected chi connectivity index (χ3v) is 4.94. The van der Waals surface area contributed by atoms with Crippen molar-refractivity contribution in [2.24, 2.45) is 0 Å². The summed E-state index contributed by atoms with van der Waals surface area (Å²) < 4.78 is 10.3. The van der Waals surface area contributed by atoms with Gasteiger partial charge in [-0.3, -0.25) is 0 Å². The van der Waals surface area contributed by atoms with E-state index in [0.29, 0.717) is 19.3 Å². The average Bonchev–Trinajstić information content (AvgIpc) is 3.33. The Bertz CT molecular complexity index is 649. The van der Waals surface area contributed by atoms with Crippen LogP contribution in [0.25, 0.3) is 0 Å². The lowest BCUT2D eigenvalue weighted by molar-refractivity contribution is -0.165. The smallest absolute Gasteiger partial charge is 0.408 e. The molecule has 1 saturated heterocycles. The van der Waals surface area contributed by atoms with Crippen LogP contribution in [-0.4, -0.2) is 36.2 Å². The molecule has 7 heteroatoms. The van der Waals surface area contributed by atoms with Crippen molar-refractivity contribution < 1.29 is 23.9 Å². The summed E-state index contributed by atoms with van der Waals surface area (Å²) >= 11 is 0. The molecule has 0 radical (unpaired) electrons. The fourth-order valence-electron chi connectivity index (χ4n) is 3.46. The van der Waals surface area contributed by atoms with Gasteiger partial charge >= 0.3 is 18.0 Å². The largest absolute Gasteiger partial charge is 0.445 e. The molecule has 3 rings (SSSR count). The minimum Gasteiger partial charge on any atom is -0.445 e. The molecule has 1 saturated carbocycles. The van der Waals surface area contributed by atoms with Crippen LogP contribution in [0.3, 0.4) is 0 Å². The fraction of sp³-hybridized carbons (Fsp3) is 0.526. The van der Waals surface area contributed by atoms with Crippen LogP contribution in [0.2, 0.25) is 0 Å². The first-order valence-electron chi connectivity index (χ1n) is 9.07. The number of ether oxygens (including phenoxy) is 2. The molecule has 1 atom stereocenters. The predicted octanol–water partition coefficient (Wildman–Crippen LogP) is 2.05. The Kier molecular flexibility index (Phi) is 5.88. The van der Waals surface area contributed by atoms with Crippen molar-refractivity contribution in [2.75, 3.05) is 6.54 Å². The summed E-state index contributed by atoms with van der Waals surface area (Å²) in [6.45, 7) is 0.853. The highest BCUT2D eigenvalue weighted by molar-refractivity contribution is 5.95. The molecule has 0 unspecified atom stereocenters. The zero-order valence-electron chi connectivity index (χ0n) is 14.7. The lowest BCUT2D eigenvalue weighted by Gasteiger charge is -2.27. The van der Waals surface area contributed by atoms with Crippen molar-refractivity contribution in [3.63, 3.8) is 0 Å². The molecule has 140 valence electrons. The first-order chi connectivity index (χ1) is 12.6. The first kappa shape index (κ1) is 18.4. The molecule has 1 aliphatic carbocycles. The number of alkyl carbamates (subject to hydrolysis) is 1. The van der Waals surface area contributed by atoms with Gasteiger partial charge in [0.05, 0.1) is 0 Å². The summed E-state index contributed by atoms with van der Waals surface area (Å²) in [4.78, 5) is 36.9. The van der Waals surface area contributed by atoms with Gasteiger partial charge in [0, 0.05) is 0 Å². The van der Waals surface area contributed by atoms with Crippen LogP contribution in [0.1, 0.15) is 44.1 Å². The number of hydrogen-bond acceptors (Lipinski definition) is 6. The molecular formula is C19H24N2O5. The van der Waals surface area contributed by atoms with Crippen LogP contribution in [0.15, 0.2) is 30.3 Å². The second-order valence-electron chi connectivity index (χ2n) is 6.83. The normalized spacial score (nSPS) is 21.2. The van der Waals surface area contributed by atoms with Gasteiger partial charge in [-0.25, -0.2) is 14.4 Å². The highest BCUT2D eigenvalue weighted by atomic mass is 16.6. The number of benzene rings is 1. The van der Waals surface area contributed by atoms with Crippen molar-refractivity contribution >= 4 is 18.0 Å². The van der Waals surface area contributed by atoms with Gasteiger partial charge < -0.3 is 20.1 Å². The maximum atomic E-state index is 12.6. The van der Waals surface area contributed by atoms with E-state index >= 15 is 0 Å². The molecule has 1 amide bonds. The summed E-state index contributed by atoms with van der Waals surface area (Å²) in [5.74, 6) is -1.26. The monoisotopic (exact) mass is 360 g/mol. The van der Waals surface area contributed by atoms with Gasteiger partial charge in [-0.15, -0.1) is 0 Å². The van der Waals surface area contributed by atoms with Gasteiger partial charge in [-0.1, -0.05) is 43.2 Å². The summed E-state index contributed by atoms with van der Waals surface area (Å²) in [5, 5.41) is 5.66. The Hall–Kier alpha value is -2.41. The van der Waals surface area contributed by atoms with E-state index in [0.717, 1.165) is 31.4 Å². The molecule has 2 aliphatic rings. The maximum absolute atomic E-state index is 12.6. The standard InChI is InChI=1S/C19H24N2O5/c22-16(15-9-6-12-20-15)26-17(23)19(10-4-5-11-19)21-18(24)25-13-14-7-2-1-3-8-14/h1-3,7-8,15,20H,4-6,9-13H2,(H,21,24)/t15-/m0/s1. The highest BCUT2D eigenvalue weighted by Gasteiger charge is 2.46. The Morgan fingerprint density at radius 3 is 2.50 bits per heavy atom. The van der Waals surface area contributed by atoms with Gasteiger partial charge in [0.15, 0.2) is 0 Å². The van der Waals surface area contributed by atoms with Gasteiger partial charge in [0.2, 0.25) is 0 Å². The number of carbonyl (C=O) groups excluding carboxylic acids is 3. The van der Waals surface area contributed by atoms with Gasteiger partial charge in [-0.2, -0.15) is 0 Å². The Balaban J connectivity index is 1.57. The van der Waals surface area contributed by atoms with Gasteiger partial charge in [-0.05, 0) is 37.8 Å². The van der Waals surface area contributed by atoms with E-state index < -0.39 is 29.6 Å². The lowest BCUT2D eigenvalue weighted by atomic mass is 9.98. The second-order valence-corrected chi connectivity index (χ2v) is 6.83. The van der Waals surface area contributed by atoms with Crippen LogP contribution in [0.5, 0.6) is 0 Å². The van der Waals surface area contributed by atoms with E-state index in [1.165, 1.54) is 0 Å². The Morgan fingerprint density at radius 1 is 1.12 bits per heavy atom. The van der Waals surface area contributed by atoms with E-state index in [1.54, 1.807) is 0 Å². The molecule has 0 aromatic heterocycles. The predicted molar refractivity (Wildman–Crippen MR) is 93.1 cm³/mol. The Morgan fingerprint density at radius 2 is 1.85 bits per heavy atom. The lowest BCUT2D eigenvalue weighted by Crippen LogP contribution is -2.54. The van der Waals surface area contributed by atoms with Crippen LogP contribution >= 0.6 is 0 Å². The number of nitrogens with one attached hydrogen (secondary N) is 2. The minimum absolute atomic E-state index is 0.114. The molecule has 1 aromatic carbocycles. The quantitative estimate of drug-likeness (QED) is 0.617. The van der Waals surface area contributed by atoms with E-state index in [9.17, 15) is 14.4 Å². The van der Waals surface area contributed by atoms with Crippen LogP contribution in [-0.2, 0) is 25.7 Å². The van der Waals surface area contributed by atoms with Crippen molar-refractivity contribution in [3.8, 4) is 0 Å². The summed E-state index contributed by atoms with van der Waals surface area (Å²) in [7, 11) is 0. The molecule has 7 nitrogen and oxygen atoms in total. The summed E-state index contributed by atoms with van der Waals surface area (Å²) in [5.41, 5.74) is -0.324. The highest BCUT2D eigenvalue weighted by Crippen LogP contribution is 2.31. The average molecular weight is 360 g/mol. The molecule has 0 spiro atoms. The number of carbonyl (C=O) groups is 3. The summed E-state index contributed by atoms with van der Waals surface area (Å²) in [6.07, 6.45) is 3.30. The first-order valence-corrected chi connectivity index (χ1v) is 9.07. The maximum Gasteiger partial charge on any atom is 0.408 e. The molecule has 2 fully saturated rings. The third-order valence-electron chi connectivity index (χ3n) is 4.94. The van der Waals surface area contributed by atoms with Crippen LogP contribution in [0.4, 0.5) is 4.79 Å². The van der Waals surface area contributed by atoms with E-state index in [4.69, 9.17) is 9.47 Å². The molecule has 0 bridgehead atoms. The van der Waals surface area contributed by atoms with Gasteiger partial charge in [0.1, 0.15) is 18.2 Å². The molecular weight excluding hydrogens is 336 g/mol. The zero-order chi connectivity index (χ0) is 18.4. The number of hydrogen-bond donors (Lipinski definition) is 2. The molecule has 1 aliphatic heterocycles. The minimum atomic E-state index is -1.18. The topological polar surface area (TPSA) is 93.7 Å². The second kappa shape index (κ2) is 8.31. The SMILES string of the molecule is O=C(NC1(C(=O)OC(=O)[C@@H]2CCCN2)CCCC1)OCc1ccccc1. The molecule has 26 heavy (non-hydrogen) atoms. The van der Waals surface area contributed by atoms with Crippen molar-refractivity contribution in [2.45, 2.75) is 56.7 Å². The number of esters is 2. The summed E-state index contributed by atoms with van der Waals surface area (Å²) in [6, 6.07) is 8.84. The number of amides is 1. The molecule has 1 aromatic rings. The fourth-order valence-corrected chi connectivity index (χ4v) is 3.46. The van der Waals surface area contributed by atoms with E-state index in [1.807, 2.05) is 30.3 Å². The van der Waals surface area contributed by atoms with Crippen molar-refractivity contribution in [1.82, 2.24) is 10.6 Å². The molecule has 2 N–H and O–H groups in total. The zero-order valence-corrected chi connectivity index (χ0v) is 14.7. The van der Waals surface area contributed by atoms with Crippen molar-refractivity contribution in [3.05, 3.63) is 35.9 Å². The van der Waals surface area contributed by atoms with E-state index in [-0.39, 0.29) is 6.61 Å². The van der Waals surface area contributed by atoms with E-state index in [2.05, 4.69) is 10.6 Å². The van der Waals surface area contributed by atoms with Crippen LogP contribution in [0, 0.1) is 0 Å². The molecule has 1 heterocycles.